The third kappa shape index (κ3) is 1.92. The molecule has 0 saturated carbocycles. The SMILES string of the molecule is c1ccc(-c2cn(-c3ccncc3)nn2)cc1. The summed E-state index contributed by atoms with van der Waals surface area (Å²) in [6.07, 6.45) is 5.38. The maximum absolute atomic E-state index is 4.16. The van der Waals surface area contributed by atoms with Crippen molar-refractivity contribution >= 4 is 0 Å². The molecule has 4 nitrogen and oxygen atoms in total. The minimum atomic E-state index is 0.863. The van der Waals surface area contributed by atoms with Crippen LogP contribution in [0.25, 0.3) is 16.9 Å². The van der Waals surface area contributed by atoms with E-state index in [-0.39, 0.29) is 0 Å². The highest BCUT2D eigenvalue weighted by Crippen LogP contribution is 2.16. The molecule has 2 heterocycles. The van der Waals surface area contributed by atoms with Crippen molar-refractivity contribution < 1.29 is 0 Å². The molecule has 0 unspecified atom stereocenters. The Morgan fingerprint density at radius 1 is 0.882 bits per heavy atom. The second-order valence-electron chi connectivity index (χ2n) is 3.62. The highest BCUT2D eigenvalue weighted by atomic mass is 15.4. The fraction of sp³-hybridized carbons (Fsp3) is 0. The normalized spacial score (nSPS) is 10.4. The average Bonchev–Trinajstić information content (AvgIpc) is 2.90. The summed E-state index contributed by atoms with van der Waals surface area (Å²) in [6.45, 7) is 0. The topological polar surface area (TPSA) is 43.6 Å². The van der Waals surface area contributed by atoms with Crippen molar-refractivity contribution in [1.29, 1.82) is 0 Å². The summed E-state index contributed by atoms with van der Waals surface area (Å²) in [4.78, 5) is 3.97. The minimum Gasteiger partial charge on any atom is -0.265 e. The summed E-state index contributed by atoms with van der Waals surface area (Å²) < 4.78 is 1.74. The lowest BCUT2D eigenvalue weighted by atomic mass is 10.2. The largest absolute Gasteiger partial charge is 0.265 e. The van der Waals surface area contributed by atoms with Crippen molar-refractivity contribution in [1.82, 2.24) is 20.0 Å². The molecule has 17 heavy (non-hydrogen) atoms. The summed E-state index contributed by atoms with van der Waals surface area (Å²) in [6, 6.07) is 13.8. The number of aromatic nitrogens is 4. The summed E-state index contributed by atoms with van der Waals surface area (Å²) in [7, 11) is 0. The lowest BCUT2D eigenvalue weighted by Crippen LogP contribution is -1.94. The van der Waals surface area contributed by atoms with Crippen molar-refractivity contribution in [2.24, 2.45) is 0 Å². The number of hydrogen-bond donors (Lipinski definition) is 0. The van der Waals surface area contributed by atoms with Crippen LogP contribution in [-0.2, 0) is 0 Å². The molecule has 0 N–H and O–H groups in total. The minimum absolute atomic E-state index is 0.863. The maximum atomic E-state index is 4.16. The summed E-state index contributed by atoms with van der Waals surface area (Å²) in [5.41, 5.74) is 2.88. The van der Waals surface area contributed by atoms with Crippen LogP contribution < -0.4 is 0 Å². The van der Waals surface area contributed by atoms with Crippen molar-refractivity contribution in [3.63, 3.8) is 0 Å². The molecule has 0 atom stereocenters. The highest BCUT2D eigenvalue weighted by molar-refractivity contribution is 5.57. The number of benzene rings is 1. The Morgan fingerprint density at radius 2 is 1.65 bits per heavy atom. The van der Waals surface area contributed by atoms with Crippen molar-refractivity contribution in [2.75, 3.05) is 0 Å². The third-order valence-corrected chi connectivity index (χ3v) is 2.49. The molecule has 0 fully saturated rings. The van der Waals surface area contributed by atoms with Gasteiger partial charge in [-0.2, -0.15) is 0 Å². The Balaban J connectivity index is 1.99. The van der Waals surface area contributed by atoms with Crippen molar-refractivity contribution in [3.8, 4) is 16.9 Å². The zero-order chi connectivity index (χ0) is 11.5. The van der Waals surface area contributed by atoms with E-state index >= 15 is 0 Å². The van der Waals surface area contributed by atoms with Gasteiger partial charge in [0.15, 0.2) is 0 Å². The lowest BCUT2D eigenvalue weighted by Gasteiger charge is -1.97. The van der Waals surface area contributed by atoms with E-state index in [1.807, 2.05) is 48.7 Å². The zero-order valence-corrected chi connectivity index (χ0v) is 9.06. The number of nitrogens with zero attached hydrogens (tertiary/aromatic N) is 4. The van der Waals surface area contributed by atoms with Crippen LogP contribution in [-0.4, -0.2) is 20.0 Å². The van der Waals surface area contributed by atoms with Crippen LogP contribution in [0.15, 0.2) is 61.1 Å². The maximum Gasteiger partial charge on any atom is 0.113 e. The van der Waals surface area contributed by atoms with Gasteiger partial charge in [0, 0.05) is 18.0 Å². The predicted molar refractivity (Wildman–Crippen MR) is 64.6 cm³/mol. The van der Waals surface area contributed by atoms with E-state index in [9.17, 15) is 0 Å². The van der Waals surface area contributed by atoms with Gasteiger partial charge in [0.25, 0.3) is 0 Å². The monoisotopic (exact) mass is 222 g/mol. The van der Waals surface area contributed by atoms with Gasteiger partial charge in [0.05, 0.1) is 11.9 Å². The molecular formula is C13H10N4. The van der Waals surface area contributed by atoms with Gasteiger partial charge < -0.3 is 0 Å². The molecule has 0 aliphatic rings. The van der Waals surface area contributed by atoms with E-state index in [2.05, 4.69) is 15.3 Å². The van der Waals surface area contributed by atoms with Gasteiger partial charge in [0.2, 0.25) is 0 Å². The van der Waals surface area contributed by atoms with Gasteiger partial charge in [-0.15, -0.1) is 5.10 Å². The number of hydrogen-bond acceptors (Lipinski definition) is 3. The quantitative estimate of drug-likeness (QED) is 0.668. The first-order valence-corrected chi connectivity index (χ1v) is 5.32. The van der Waals surface area contributed by atoms with E-state index in [0.717, 1.165) is 16.9 Å². The standard InChI is InChI=1S/C13H10N4/c1-2-4-11(5-3-1)13-10-17(16-15-13)12-6-8-14-9-7-12/h1-10H. The lowest BCUT2D eigenvalue weighted by molar-refractivity contribution is 0.802. The predicted octanol–water partition coefficient (Wildman–Crippen LogP) is 2.33. The Morgan fingerprint density at radius 3 is 2.41 bits per heavy atom. The molecule has 0 amide bonds. The summed E-state index contributed by atoms with van der Waals surface area (Å²) >= 11 is 0. The molecule has 3 aromatic rings. The molecule has 82 valence electrons. The van der Waals surface area contributed by atoms with E-state index in [4.69, 9.17) is 0 Å². The molecular weight excluding hydrogens is 212 g/mol. The fourth-order valence-electron chi connectivity index (χ4n) is 1.63. The number of rotatable bonds is 2. The Hall–Kier alpha value is -2.49. The number of pyridine rings is 1. The molecule has 0 bridgehead atoms. The molecule has 0 aliphatic carbocycles. The van der Waals surface area contributed by atoms with Crippen LogP contribution in [0.2, 0.25) is 0 Å². The molecule has 1 aromatic carbocycles. The van der Waals surface area contributed by atoms with Gasteiger partial charge in [-0.25, -0.2) is 4.68 Å². The fourth-order valence-corrected chi connectivity index (χ4v) is 1.63. The smallest absolute Gasteiger partial charge is 0.113 e. The van der Waals surface area contributed by atoms with E-state index in [0.29, 0.717) is 0 Å². The molecule has 3 rings (SSSR count). The first-order valence-electron chi connectivity index (χ1n) is 5.32. The van der Waals surface area contributed by atoms with Crippen LogP contribution in [0.3, 0.4) is 0 Å². The second kappa shape index (κ2) is 4.17. The molecule has 0 saturated heterocycles. The van der Waals surface area contributed by atoms with Gasteiger partial charge in [-0.05, 0) is 12.1 Å². The highest BCUT2D eigenvalue weighted by Gasteiger charge is 2.03. The first kappa shape index (κ1) is 9.72. The van der Waals surface area contributed by atoms with Gasteiger partial charge in [0.1, 0.15) is 5.69 Å². The van der Waals surface area contributed by atoms with Gasteiger partial charge in [-0.1, -0.05) is 35.5 Å². The van der Waals surface area contributed by atoms with Gasteiger partial charge in [-0.3, -0.25) is 4.98 Å². The van der Waals surface area contributed by atoms with E-state index in [1.54, 1.807) is 17.1 Å². The summed E-state index contributed by atoms with van der Waals surface area (Å²) in [5.74, 6) is 0. The molecule has 2 aromatic heterocycles. The van der Waals surface area contributed by atoms with Gasteiger partial charge >= 0.3 is 0 Å². The third-order valence-electron chi connectivity index (χ3n) is 2.49. The first-order chi connectivity index (χ1) is 8.43. The van der Waals surface area contributed by atoms with E-state index < -0.39 is 0 Å². The van der Waals surface area contributed by atoms with Crippen molar-refractivity contribution in [2.45, 2.75) is 0 Å². The Labute approximate surface area is 98.6 Å². The Kier molecular flexibility index (Phi) is 2.38. The molecule has 0 radical (unpaired) electrons. The van der Waals surface area contributed by atoms with Crippen LogP contribution in [0, 0.1) is 0 Å². The van der Waals surface area contributed by atoms with Crippen molar-refractivity contribution in [3.05, 3.63) is 61.1 Å². The molecule has 0 spiro atoms. The van der Waals surface area contributed by atoms with Crippen LogP contribution in [0.4, 0.5) is 0 Å². The van der Waals surface area contributed by atoms with Crippen LogP contribution in [0.5, 0.6) is 0 Å². The summed E-state index contributed by atoms with van der Waals surface area (Å²) in [5, 5.41) is 8.26. The zero-order valence-electron chi connectivity index (χ0n) is 9.06. The second-order valence-corrected chi connectivity index (χ2v) is 3.62. The van der Waals surface area contributed by atoms with Crippen LogP contribution >= 0.6 is 0 Å². The average molecular weight is 222 g/mol. The van der Waals surface area contributed by atoms with E-state index in [1.165, 1.54) is 0 Å². The Bertz CT molecular complexity index is 548. The molecule has 4 heteroatoms. The van der Waals surface area contributed by atoms with Crippen LogP contribution in [0.1, 0.15) is 0 Å². The molecule has 0 aliphatic heterocycles.